The van der Waals surface area contributed by atoms with Crippen LogP contribution in [0.15, 0.2) is 42.6 Å². The van der Waals surface area contributed by atoms with Crippen LogP contribution in [0.2, 0.25) is 0 Å². The third-order valence-corrected chi connectivity index (χ3v) is 3.69. The number of nitrogens with one attached hydrogen (secondary N) is 2. The number of rotatable bonds is 3. The van der Waals surface area contributed by atoms with Gasteiger partial charge in [-0.1, -0.05) is 6.07 Å². The molecule has 0 saturated carbocycles. The third kappa shape index (κ3) is 3.13. The van der Waals surface area contributed by atoms with Crippen LogP contribution in [-0.4, -0.2) is 11.0 Å². The molecule has 1 aromatic carbocycles. The summed E-state index contributed by atoms with van der Waals surface area (Å²) < 4.78 is 0. The summed E-state index contributed by atoms with van der Waals surface area (Å²) in [6, 6.07) is 11.3. The monoisotopic (exact) mass is 282 g/mol. The smallest absolute Gasteiger partial charge is 0.316 e. The predicted octanol–water partition coefficient (Wildman–Crippen LogP) is 3.06. The molecule has 1 aliphatic rings. The highest BCUT2D eigenvalue weighted by molar-refractivity contribution is 5.87. The first-order chi connectivity index (χ1) is 10.2. The third-order valence-electron chi connectivity index (χ3n) is 3.69. The van der Waals surface area contributed by atoms with E-state index in [9.17, 15) is 4.79 Å². The molecule has 0 fully saturated rings. The maximum absolute atomic E-state index is 10.8. The molecule has 21 heavy (non-hydrogen) atoms. The summed E-state index contributed by atoms with van der Waals surface area (Å²) in [4.78, 5) is 15.3. The van der Waals surface area contributed by atoms with E-state index >= 15 is 0 Å². The van der Waals surface area contributed by atoms with Gasteiger partial charge < -0.3 is 16.4 Å². The van der Waals surface area contributed by atoms with Crippen molar-refractivity contribution in [3.05, 3.63) is 53.9 Å². The number of carbonyl (C=O) groups excluding carboxylic acids is 1. The molecule has 5 heteroatoms. The molecule has 1 atom stereocenters. The molecule has 0 radical (unpaired) electrons. The van der Waals surface area contributed by atoms with Crippen molar-refractivity contribution in [2.24, 2.45) is 5.73 Å². The van der Waals surface area contributed by atoms with Crippen LogP contribution in [0.1, 0.15) is 30.1 Å². The second kappa shape index (κ2) is 5.83. The van der Waals surface area contributed by atoms with Gasteiger partial charge in [0, 0.05) is 17.6 Å². The molecule has 2 aromatic rings. The van der Waals surface area contributed by atoms with Crippen molar-refractivity contribution in [2.45, 2.75) is 25.3 Å². The van der Waals surface area contributed by atoms with Crippen LogP contribution in [-0.2, 0) is 6.42 Å². The highest BCUT2D eigenvalue weighted by atomic mass is 16.2. The van der Waals surface area contributed by atoms with E-state index in [2.05, 4.69) is 21.7 Å². The van der Waals surface area contributed by atoms with E-state index in [1.807, 2.05) is 36.5 Å². The quantitative estimate of drug-likeness (QED) is 0.809. The number of anilines is 2. The van der Waals surface area contributed by atoms with Crippen molar-refractivity contribution in [1.82, 2.24) is 4.98 Å². The van der Waals surface area contributed by atoms with E-state index in [4.69, 9.17) is 5.73 Å². The maximum Gasteiger partial charge on any atom is 0.316 e. The van der Waals surface area contributed by atoms with Crippen LogP contribution in [0.5, 0.6) is 0 Å². The van der Waals surface area contributed by atoms with Crippen molar-refractivity contribution in [1.29, 1.82) is 0 Å². The first kappa shape index (κ1) is 13.4. The number of fused-ring (bicyclic) bond motifs is 1. The van der Waals surface area contributed by atoms with Crippen LogP contribution < -0.4 is 16.4 Å². The lowest BCUT2D eigenvalue weighted by atomic mass is 9.92. The van der Waals surface area contributed by atoms with Gasteiger partial charge >= 0.3 is 6.03 Å². The number of aryl methyl sites for hydroxylation is 1. The van der Waals surface area contributed by atoms with Gasteiger partial charge in [0.15, 0.2) is 0 Å². The standard InChI is InChI=1S/C16H18N4O/c17-16(21)20-13-8-6-12(7-9-13)19-14-5-1-3-11-4-2-10-18-15(11)14/h2,4,6-10,14,19H,1,3,5H2,(H3,17,20,21). The Hall–Kier alpha value is -2.56. The number of nitrogens with zero attached hydrogens (tertiary/aromatic N) is 1. The summed E-state index contributed by atoms with van der Waals surface area (Å²) in [5.74, 6) is 0. The van der Waals surface area contributed by atoms with E-state index < -0.39 is 6.03 Å². The summed E-state index contributed by atoms with van der Waals surface area (Å²) in [5, 5.41) is 6.06. The lowest BCUT2D eigenvalue weighted by Gasteiger charge is -2.26. The Balaban J connectivity index is 1.74. The van der Waals surface area contributed by atoms with E-state index in [1.165, 1.54) is 5.56 Å². The Labute approximate surface area is 123 Å². The maximum atomic E-state index is 10.8. The zero-order valence-corrected chi connectivity index (χ0v) is 11.7. The van der Waals surface area contributed by atoms with Crippen LogP contribution in [0, 0.1) is 0 Å². The molecule has 108 valence electrons. The van der Waals surface area contributed by atoms with Crippen molar-refractivity contribution >= 4 is 17.4 Å². The van der Waals surface area contributed by atoms with Gasteiger partial charge in [-0.05, 0) is 55.2 Å². The SMILES string of the molecule is NC(=O)Nc1ccc(NC2CCCc3cccnc32)cc1. The molecule has 1 heterocycles. The minimum atomic E-state index is -0.555. The normalized spacial score (nSPS) is 16.9. The lowest BCUT2D eigenvalue weighted by Crippen LogP contribution is -2.20. The number of nitrogens with two attached hydrogens (primary N) is 1. The van der Waals surface area contributed by atoms with Crippen molar-refractivity contribution in [3.63, 3.8) is 0 Å². The number of benzene rings is 1. The number of hydrogen-bond acceptors (Lipinski definition) is 3. The first-order valence-electron chi connectivity index (χ1n) is 7.09. The molecule has 1 unspecified atom stereocenters. The summed E-state index contributed by atoms with van der Waals surface area (Å²) in [6.07, 6.45) is 5.19. The fourth-order valence-electron chi connectivity index (χ4n) is 2.74. The second-order valence-corrected chi connectivity index (χ2v) is 5.20. The van der Waals surface area contributed by atoms with E-state index in [-0.39, 0.29) is 6.04 Å². The summed E-state index contributed by atoms with van der Waals surface area (Å²) in [5.41, 5.74) is 9.26. The van der Waals surface area contributed by atoms with Gasteiger partial charge in [-0.3, -0.25) is 4.98 Å². The molecular formula is C16H18N4O. The fraction of sp³-hybridized carbons (Fsp3) is 0.250. The molecule has 0 bridgehead atoms. The number of urea groups is 1. The Morgan fingerprint density at radius 3 is 2.71 bits per heavy atom. The van der Waals surface area contributed by atoms with E-state index in [1.54, 1.807) is 0 Å². The van der Waals surface area contributed by atoms with Gasteiger partial charge in [-0.2, -0.15) is 0 Å². The van der Waals surface area contributed by atoms with Gasteiger partial charge in [-0.25, -0.2) is 4.79 Å². The second-order valence-electron chi connectivity index (χ2n) is 5.20. The van der Waals surface area contributed by atoms with Gasteiger partial charge in [0.1, 0.15) is 0 Å². The zero-order valence-electron chi connectivity index (χ0n) is 11.7. The topological polar surface area (TPSA) is 80.0 Å². The minimum Gasteiger partial charge on any atom is -0.377 e. The number of aromatic nitrogens is 1. The molecule has 2 amide bonds. The number of pyridine rings is 1. The molecule has 4 N–H and O–H groups in total. The number of carbonyl (C=O) groups is 1. The number of hydrogen-bond donors (Lipinski definition) is 3. The van der Waals surface area contributed by atoms with Crippen LogP contribution >= 0.6 is 0 Å². The molecule has 0 aliphatic heterocycles. The van der Waals surface area contributed by atoms with Gasteiger partial charge in [0.2, 0.25) is 0 Å². The van der Waals surface area contributed by atoms with Crippen LogP contribution in [0.4, 0.5) is 16.2 Å². The van der Waals surface area contributed by atoms with Gasteiger partial charge in [-0.15, -0.1) is 0 Å². The molecule has 0 spiro atoms. The van der Waals surface area contributed by atoms with E-state index in [0.29, 0.717) is 5.69 Å². The van der Waals surface area contributed by atoms with Crippen molar-refractivity contribution in [3.8, 4) is 0 Å². The number of primary amides is 1. The molecule has 5 nitrogen and oxygen atoms in total. The summed E-state index contributed by atoms with van der Waals surface area (Å²) >= 11 is 0. The van der Waals surface area contributed by atoms with Crippen molar-refractivity contribution < 1.29 is 4.79 Å². The molecular weight excluding hydrogens is 264 g/mol. The Morgan fingerprint density at radius 2 is 1.95 bits per heavy atom. The van der Waals surface area contributed by atoms with E-state index in [0.717, 1.165) is 30.6 Å². The highest BCUT2D eigenvalue weighted by Crippen LogP contribution is 2.31. The highest BCUT2D eigenvalue weighted by Gasteiger charge is 2.20. The predicted molar refractivity (Wildman–Crippen MR) is 83.2 cm³/mol. The Kier molecular flexibility index (Phi) is 3.73. The van der Waals surface area contributed by atoms with Crippen LogP contribution in [0.3, 0.4) is 0 Å². The average molecular weight is 282 g/mol. The van der Waals surface area contributed by atoms with Crippen LogP contribution in [0.25, 0.3) is 0 Å². The first-order valence-corrected chi connectivity index (χ1v) is 7.09. The molecule has 0 saturated heterocycles. The van der Waals surface area contributed by atoms with Crippen molar-refractivity contribution in [2.75, 3.05) is 10.6 Å². The zero-order chi connectivity index (χ0) is 14.7. The fourth-order valence-corrected chi connectivity index (χ4v) is 2.74. The minimum absolute atomic E-state index is 0.241. The number of amides is 2. The summed E-state index contributed by atoms with van der Waals surface area (Å²) in [7, 11) is 0. The van der Waals surface area contributed by atoms with Gasteiger partial charge in [0.05, 0.1) is 11.7 Å². The molecule has 1 aliphatic carbocycles. The Bertz CT molecular complexity index is 639. The summed E-state index contributed by atoms with van der Waals surface area (Å²) in [6.45, 7) is 0. The Morgan fingerprint density at radius 1 is 1.19 bits per heavy atom. The molecule has 1 aromatic heterocycles. The largest absolute Gasteiger partial charge is 0.377 e. The molecule has 3 rings (SSSR count). The lowest BCUT2D eigenvalue weighted by molar-refractivity contribution is 0.259. The average Bonchev–Trinajstić information content (AvgIpc) is 2.49. The van der Waals surface area contributed by atoms with Gasteiger partial charge in [0.25, 0.3) is 0 Å².